The molecule has 1 aliphatic rings. The van der Waals surface area contributed by atoms with Crippen molar-refractivity contribution in [2.75, 3.05) is 0 Å². The summed E-state index contributed by atoms with van der Waals surface area (Å²) < 4.78 is 0. The van der Waals surface area contributed by atoms with Crippen LogP contribution in [-0.4, -0.2) is 4.98 Å². The first-order valence-electron chi connectivity index (χ1n) is 7.62. The maximum Gasteiger partial charge on any atom is 0.0976 e. The lowest BCUT2D eigenvalue weighted by atomic mass is 9.76. The van der Waals surface area contributed by atoms with Crippen molar-refractivity contribution in [2.45, 2.75) is 26.2 Å². The van der Waals surface area contributed by atoms with Gasteiger partial charge in [0.1, 0.15) is 0 Å². The number of fused-ring (bicyclic) bond motifs is 1. The lowest BCUT2D eigenvalue weighted by Crippen LogP contribution is -2.19. The highest BCUT2D eigenvalue weighted by atomic mass is 14.7. The Morgan fingerprint density at radius 3 is 2.74 bits per heavy atom. The van der Waals surface area contributed by atoms with E-state index < -0.39 is 0 Å². The molecule has 0 radical (unpaired) electrons. The van der Waals surface area contributed by atoms with E-state index in [1.165, 1.54) is 0 Å². The van der Waals surface area contributed by atoms with Gasteiger partial charge in [-0.3, -0.25) is 4.98 Å². The highest BCUT2D eigenvalue weighted by Gasteiger charge is 2.30. The third kappa shape index (κ3) is 2.53. The third-order valence-electron chi connectivity index (χ3n) is 4.33. The SMILES string of the molecule is C=C(C)C1=C(C)CC(N)=C(C#N)C1c1ccc2ccccc2n1. The fourth-order valence-corrected chi connectivity index (χ4v) is 3.34. The van der Waals surface area contributed by atoms with E-state index in [2.05, 4.69) is 19.6 Å². The van der Waals surface area contributed by atoms with Crippen LogP contribution in [0, 0.1) is 11.3 Å². The molecule has 3 heteroatoms. The molecule has 0 fully saturated rings. The summed E-state index contributed by atoms with van der Waals surface area (Å²) in [6.45, 7) is 8.13. The molecule has 0 saturated heterocycles. The molecule has 2 N–H and O–H groups in total. The topological polar surface area (TPSA) is 62.7 Å². The molecule has 1 aromatic heterocycles. The number of allylic oxidation sites excluding steroid dienone is 4. The summed E-state index contributed by atoms with van der Waals surface area (Å²) >= 11 is 0. The van der Waals surface area contributed by atoms with E-state index >= 15 is 0 Å². The minimum Gasteiger partial charge on any atom is -0.401 e. The van der Waals surface area contributed by atoms with Gasteiger partial charge in [-0.25, -0.2) is 0 Å². The zero-order valence-corrected chi connectivity index (χ0v) is 13.4. The predicted octanol–water partition coefficient (Wildman–Crippen LogP) is 4.35. The van der Waals surface area contributed by atoms with E-state index in [9.17, 15) is 5.26 Å². The summed E-state index contributed by atoms with van der Waals surface area (Å²) in [4.78, 5) is 4.78. The summed E-state index contributed by atoms with van der Waals surface area (Å²) in [5.41, 5.74) is 12.3. The number of pyridine rings is 1. The van der Waals surface area contributed by atoms with Crippen molar-refractivity contribution >= 4 is 10.9 Å². The molecule has 0 aliphatic heterocycles. The van der Waals surface area contributed by atoms with Crippen molar-refractivity contribution < 1.29 is 0 Å². The summed E-state index contributed by atoms with van der Waals surface area (Å²) in [6.07, 6.45) is 0.620. The second-order valence-electron chi connectivity index (χ2n) is 6.06. The molecule has 1 heterocycles. The van der Waals surface area contributed by atoms with Crippen LogP contribution in [0.25, 0.3) is 10.9 Å². The van der Waals surface area contributed by atoms with Gasteiger partial charge in [0.15, 0.2) is 0 Å². The van der Waals surface area contributed by atoms with Gasteiger partial charge in [0.2, 0.25) is 0 Å². The van der Waals surface area contributed by atoms with Gasteiger partial charge < -0.3 is 5.73 Å². The Morgan fingerprint density at radius 2 is 2.04 bits per heavy atom. The zero-order chi connectivity index (χ0) is 16.6. The van der Waals surface area contributed by atoms with Gasteiger partial charge >= 0.3 is 0 Å². The van der Waals surface area contributed by atoms with Crippen molar-refractivity contribution in [1.82, 2.24) is 4.98 Å². The zero-order valence-electron chi connectivity index (χ0n) is 13.4. The van der Waals surface area contributed by atoms with E-state index in [-0.39, 0.29) is 5.92 Å². The molecule has 1 aromatic carbocycles. The molecule has 3 rings (SSSR count). The molecule has 1 atom stereocenters. The number of nitrogens with two attached hydrogens (primary N) is 1. The monoisotopic (exact) mass is 301 g/mol. The fraction of sp³-hybridized carbons (Fsp3) is 0.200. The number of rotatable bonds is 2. The number of benzene rings is 1. The molecule has 2 aromatic rings. The minimum atomic E-state index is -0.226. The minimum absolute atomic E-state index is 0.226. The molecule has 0 bridgehead atoms. The summed E-state index contributed by atoms with van der Waals surface area (Å²) in [6, 6.07) is 14.3. The summed E-state index contributed by atoms with van der Waals surface area (Å²) in [5.74, 6) is -0.226. The van der Waals surface area contributed by atoms with Gasteiger partial charge in [0.25, 0.3) is 0 Å². The predicted molar refractivity (Wildman–Crippen MR) is 93.4 cm³/mol. The maximum atomic E-state index is 9.62. The van der Waals surface area contributed by atoms with Crippen LogP contribution in [0.4, 0.5) is 0 Å². The van der Waals surface area contributed by atoms with Gasteiger partial charge in [-0.15, -0.1) is 0 Å². The lowest BCUT2D eigenvalue weighted by Gasteiger charge is -2.28. The van der Waals surface area contributed by atoms with Gasteiger partial charge in [0, 0.05) is 17.5 Å². The van der Waals surface area contributed by atoms with Gasteiger partial charge in [-0.1, -0.05) is 42.0 Å². The Morgan fingerprint density at radius 1 is 1.30 bits per heavy atom. The van der Waals surface area contributed by atoms with E-state index in [0.29, 0.717) is 17.7 Å². The van der Waals surface area contributed by atoms with E-state index in [1.54, 1.807) is 0 Å². The average Bonchev–Trinajstić information content (AvgIpc) is 2.53. The van der Waals surface area contributed by atoms with Crippen LogP contribution >= 0.6 is 0 Å². The van der Waals surface area contributed by atoms with Crippen LogP contribution in [0.15, 0.2) is 71.0 Å². The molecule has 0 saturated carbocycles. The molecular formula is C20H19N3. The maximum absolute atomic E-state index is 9.62. The van der Waals surface area contributed by atoms with Crippen molar-refractivity contribution in [3.05, 3.63) is 76.7 Å². The highest BCUT2D eigenvalue weighted by Crippen LogP contribution is 2.42. The van der Waals surface area contributed by atoms with Crippen LogP contribution in [-0.2, 0) is 0 Å². The van der Waals surface area contributed by atoms with E-state index in [0.717, 1.165) is 33.3 Å². The van der Waals surface area contributed by atoms with Crippen LogP contribution in [0.1, 0.15) is 31.9 Å². The molecule has 0 amide bonds. The number of hydrogen-bond acceptors (Lipinski definition) is 3. The molecule has 114 valence electrons. The number of hydrogen-bond donors (Lipinski definition) is 1. The smallest absolute Gasteiger partial charge is 0.0976 e. The van der Waals surface area contributed by atoms with Crippen molar-refractivity contribution in [2.24, 2.45) is 5.73 Å². The summed E-state index contributed by atoms with van der Waals surface area (Å²) in [7, 11) is 0. The van der Waals surface area contributed by atoms with Gasteiger partial charge in [0.05, 0.1) is 28.8 Å². The van der Waals surface area contributed by atoms with Gasteiger partial charge in [-0.2, -0.15) is 5.26 Å². The molecular weight excluding hydrogens is 282 g/mol. The average molecular weight is 301 g/mol. The van der Waals surface area contributed by atoms with Crippen LogP contribution < -0.4 is 5.73 Å². The van der Waals surface area contributed by atoms with Crippen molar-refractivity contribution in [3.63, 3.8) is 0 Å². The van der Waals surface area contributed by atoms with Crippen molar-refractivity contribution in [1.29, 1.82) is 5.26 Å². The Bertz CT molecular complexity index is 910. The number of para-hydroxylation sites is 1. The number of aromatic nitrogens is 1. The quantitative estimate of drug-likeness (QED) is 0.896. The molecule has 1 aliphatic carbocycles. The molecule has 0 spiro atoms. The Labute approximate surface area is 136 Å². The highest BCUT2D eigenvalue weighted by molar-refractivity contribution is 5.78. The standard InChI is InChI=1S/C20H19N3/c1-12(2)19-13(3)10-16(22)15(11-21)20(19)18-9-8-14-6-4-5-7-17(14)23-18/h4-9,20H,1,10,22H2,2-3H3. The normalized spacial score (nSPS) is 18.2. The van der Waals surface area contributed by atoms with Crippen LogP contribution in [0.5, 0.6) is 0 Å². The van der Waals surface area contributed by atoms with Gasteiger partial charge in [-0.05, 0) is 31.6 Å². The second-order valence-corrected chi connectivity index (χ2v) is 6.06. The Kier molecular flexibility index (Phi) is 3.75. The number of nitrogens with zero attached hydrogens (tertiary/aromatic N) is 2. The Hall–Kier alpha value is -2.86. The molecule has 3 nitrogen and oxygen atoms in total. The van der Waals surface area contributed by atoms with Crippen LogP contribution in [0.3, 0.4) is 0 Å². The van der Waals surface area contributed by atoms with Crippen molar-refractivity contribution in [3.8, 4) is 6.07 Å². The first-order chi connectivity index (χ1) is 11.0. The third-order valence-corrected chi connectivity index (χ3v) is 4.33. The first-order valence-corrected chi connectivity index (χ1v) is 7.62. The van der Waals surface area contributed by atoms with E-state index in [4.69, 9.17) is 10.7 Å². The molecule has 23 heavy (non-hydrogen) atoms. The largest absolute Gasteiger partial charge is 0.401 e. The molecule has 1 unspecified atom stereocenters. The van der Waals surface area contributed by atoms with Crippen LogP contribution in [0.2, 0.25) is 0 Å². The Balaban J connectivity index is 2.24. The summed E-state index contributed by atoms with van der Waals surface area (Å²) in [5, 5.41) is 10.7. The fourth-order valence-electron chi connectivity index (χ4n) is 3.34. The second kappa shape index (κ2) is 5.73. The lowest BCUT2D eigenvalue weighted by molar-refractivity contribution is 0.823. The number of nitriles is 1. The first kappa shape index (κ1) is 15.1. The van der Waals surface area contributed by atoms with E-state index in [1.807, 2.05) is 43.3 Å².